The fraction of sp³-hybridized carbons (Fsp3) is 0.345. The first-order valence-corrected chi connectivity index (χ1v) is 13.3. The molecule has 9 nitrogen and oxygen atoms in total. The van der Waals surface area contributed by atoms with Crippen LogP contribution in [0.2, 0.25) is 0 Å². The zero-order chi connectivity index (χ0) is 26.7. The Labute approximate surface area is 225 Å². The standard InChI is InChI=1S/C29H30FN7O2/c1-35-16-29(39,17-35)18-3-2-9-36(15-18)20-4-7-25(31-12-20)34-23-6-5-21(22-13-33-28(38)27(22)23)24-14-32-26-11-19(30)8-10-37(24)26/h4-8,10-12,14,18,39H,2-3,9,13,15-17H2,1H3,(H,31,34)(H,33,38)/t18-/m0/s1. The number of hydrogen-bond acceptors (Lipinski definition) is 7. The maximum atomic E-state index is 13.7. The van der Waals surface area contributed by atoms with Gasteiger partial charge in [0.15, 0.2) is 0 Å². The number of pyridine rings is 2. The summed E-state index contributed by atoms with van der Waals surface area (Å²) in [5.41, 5.74) is 4.74. The van der Waals surface area contributed by atoms with Crippen molar-refractivity contribution in [1.29, 1.82) is 0 Å². The zero-order valence-corrected chi connectivity index (χ0v) is 21.7. The monoisotopic (exact) mass is 527 g/mol. The number of carbonyl (C=O) groups is 1. The summed E-state index contributed by atoms with van der Waals surface area (Å²) >= 11 is 0. The number of aliphatic hydroxyl groups is 1. The molecule has 10 heteroatoms. The van der Waals surface area contributed by atoms with Crippen molar-refractivity contribution in [2.45, 2.75) is 25.0 Å². The number of benzene rings is 1. The molecular weight excluding hydrogens is 497 g/mol. The second kappa shape index (κ2) is 9.03. The number of rotatable bonds is 5. The average Bonchev–Trinajstić information content (AvgIpc) is 3.52. The Morgan fingerprint density at radius 1 is 1.15 bits per heavy atom. The molecule has 0 saturated carbocycles. The number of anilines is 3. The molecule has 200 valence electrons. The number of amides is 1. The molecule has 1 amide bonds. The van der Waals surface area contributed by atoms with Gasteiger partial charge in [-0.05, 0) is 49.7 Å². The van der Waals surface area contributed by atoms with E-state index in [1.807, 2.05) is 41.9 Å². The van der Waals surface area contributed by atoms with Crippen molar-refractivity contribution in [2.75, 3.05) is 43.4 Å². The van der Waals surface area contributed by atoms with Crippen LogP contribution >= 0.6 is 0 Å². The number of imidazole rings is 1. The third-order valence-corrected chi connectivity index (χ3v) is 8.36. The number of nitrogens with one attached hydrogen (secondary N) is 2. The molecule has 0 bridgehead atoms. The number of piperidine rings is 1. The second-order valence-electron chi connectivity index (χ2n) is 11.0. The Bertz CT molecular complexity index is 1580. The summed E-state index contributed by atoms with van der Waals surface area (Å²) < 4.78 is 15.5. The lowest BCUT2D eigenvalue weighted by molar-refractivity contribution is -0.128. The Hall–Kier alpha value is -4.02. The maximum absolute atomic E-state index is 13.7. The van der Waals surface area contributed by atoms with Gasteiger partial charge in [0, 0.05) is 56.5 Å². The topological polar surface area (TPSA) is 98.0 Å². The van der Waals surface area contributed by atoms with Crippen LogP contribution in [0.5, 0.6) is 0 Å². The van der Waals surface area contributed by atoms with Crippen LogP contribution in [0, 0.1) is 11.7 Å². The molecule has 4 aromatic rings. The van der Waals surface area contributed by atoms with E-state index >= 15 is 0 Å². The quantitative estimate of drug-likeness (QED) is 0.366. The summed E-state index contributed by atoms with van der Waals surface area (Å²) in [4.78, 5) is 26.3. The van der Waals surface area contributed by atoms with E-state index in [9.17, 15) is 14.3 Å². The van der Waals surface area contributed by atoms with Crippen LogP contribution in [0.25, 0.3) is 16.9 Å². The predicted octanol–water partition coefficient (Wildman–Crippen LogP) is 3.42. The minimum absolute atomic E-state index is 0.148. The van der Waals surface area contributed by atoms with E-state index < -0.39 is 5.60 Å². The molecule has 0 aliphatic carbocycles. The minimum atomic E-state index is -0.588. The number of nitrogens with zero attached hydrogens (tertiary/aromatic N) is 5. The fourth-order valence-electron chi connectivity index (χ4n) is 6.43. The van der Waals surface area contributed by atoms with E-state index in [-0.39, 0.29) is 17.6 Å². The Morgan fingerprint density at radius 3 is 2.82 bits per heavy atom. The van der Waals surface area contributed by atoms with Crippen LogP contribution in [0.15, 0.2) is 55.0 Å². The number of fused-ring (bicyclic) bond motifs is 2. The van der Waals surface area contributed by atoms with Crippen molar-refractivity contribution in [2.24, 2.45) is 5.92 Å². The molecule has 3 aliphatic rings. The van der Waals surface area contributed by atoms with Crippen molar-refractivity contribution in [3.63, 3.8) is 0 Å². The molecule has 1 atom stereocenters. The molecule has 2 saturated heterocycles. The third-order valence-electron chi connectivity index (χ3n) is 8.36. The molecule has 0 spiro atoms. The third kappa shape index (κ3) is 4.11. The second-order valence-corrected chi connectivity index (χ2v) is 11.0. The Balaban J connectivity index is 1.13. The fourth-order valence-corrected chi connectivity index (χ4v) is 6.43. The summed E-state index contributed by atoms with van der Waals surface area (Å²) in [6.45, 7) is 3.64. The van der Waals surface area contributed by atoms with E-state index in [1.165, 1.54) is 12.1 Å². The van der Waals surface area contributed by atoms with Crippen LogP contribution in [0.3, 0.4) is 0 Å². The highest BCUT2D eigenvalue weighted by atomic mass is 19.1. The van der Waals surface area contributed by atoms with Gasteiger partial charge < -0.3 is 25.5 Å². The highest BCUT2D eigenvalue weighted by Crippen LogP contribution is 2.37. The molecule has 3 N–H and O–H groups in total. The number of halogens is 1. The molecule has 3 aromatic heterocycles. The smallest absolute Gasteiger partial charge is 0.254 e. The molecule has 6 heterocycles. The predicted molar refractivity (Wildman–Crippen MR) is 147 cm³/mol. The number of hydrogen-bond donors (Lipinski definition) is 3. The first-order valence-electron chi connectivity index (χ1n) is 13.3. The average molecular weight is 528 g/mol. The number of β-amino-alcohol motifs (C(OH)–C–C–N with tert-alkyl or cyclic N) is 1. The van der Waals surface area contributed by atoms with Crippen LogP contribution in [0.1, 0.15) is 28.8 Å². The summed E-state index contributed by atoms with van der Waals surface area (Å²) in [5, 5.41) is 17.2. The maximum Gasteiger partial charge on any atom is 0.254 e. The number of likely N-dealkylation sites (tertiary alicyclic amines) is 1. The highest BCUT2D eigenvalue weighted by Gasteiger charge is 2.46. The van der Waals surface area contributed by atoms with Gasteiger partial charge in [-0.3, -0.25) is 9.20 Å². The van der Waals surface area contributed by atoms with E-state index in [2.05, 4.69) is 30.4 Å². The van der Waals surface area contributed by atoms with Crippen molar-refractivity contribution in [1.82, 2.24) is 24.6 Å². The highest BCUT2D eigenvalue weighted by molar-refractivity contribution is 6.06. The molecule has 0 unspecified atom stereocenters. The van der Waals surface area contributed by atoms with Gasteiger partial charge in [-0.2, -0.15) is 0 Å². The van der Waals surface area contributed by atoms with Crippen LogP contribution in [0.4, 0.5) is 21.6 Å². The number of aromatic nitrogens is 3. The van der Waals surface area contributed by atoms with E-state index in [4.69, 9.17) is 0 Å². The van der Waals surface area contributed by atoms with Gasteiger partial charge in [0.05, 0.1) is 40.6 Å². The van der Waals surface area contributed by atoms with Gasteiger partial charge in [-0.25, -0.2) is 14.4 Å². The van der Waals surface area contributed by atoms with Crippen LogP contribution < -0.4 is 15.5 Å². The van der Waals surface area contributed by atoms with E-state index in [1.54, 1.807) is 12.4 Å². The van der Waals surface area contributed by atoms with Gasteiger partial charge >= 0.3 is 0 Å². The molecule has 39 heavy (non-hydrogen) atoms. The summed E-state index contributed by atoms with van der Waals surface area (Å²) in [6, 6.07) is 10.6. The lowest BCUT2D eigenvalue weighted by Crippen LogP contribution is -2.66. The van der Waals surface area contributed by atoms with Crippen molar-refractivity contribution < 1.29 is 14.3 Å². The molecule has 2 fully saturated rings. The SMILES string of the molecule is CN1CC(O)([C@H]2CCCN(c3ccc(Nc4ccc(-c5cnc6cc(F)ccn56)c5c4C(=O)NC5)nc3)C2)C1. The zero-order valence-electron chi connectivity index (χ0n) is 21.7. The molecule has 7 rings (SSSR count). The molecular formula is C29H30FN7O2. The summed E-state index contributed by atoms with van der Waals surface area (Å²) in [6.07, 6.45) is 7.30. The summed E-state index contributed by atoms with van der Waals surface area (Å²) in [5.74, 6) is 0.409. The molecule has 0 radical (unpaired) electrons. The van der Waals surface area contributed by atoms with Crippen molar-refractivity contribution >= 4 is 28.7 Å². The molecule has 1 aromatic carbocycles. The lowest BCUT2D eigenvalue weighted by atomic mass is 9.76. The van der Waals surface area contributed by atoms with Gasteiger partial charge in [-0.1, -0.05) is 6.07 Å². The number of carbonyl (C=O) groups excluding carboxylic acids is 1. The largest absolute Gasteiger partial charge is 0.387 e. The normalized spacial score (nSPS) is 20.5. The first kappa shape index (κ1) is 24.1. The van der Waals surface area contributed by atoms with E-state index in [0.717, 1.165) is 61.5 Å². The minimum Gasteiger partial charge on any atom is -0.387 e. The van der Waals surface area contributed by atoms with Gasteiger partial charge in [-0.15, -0.1) is 0 Å². The summed E-state index contributed by atoms with van der Waals surface area (Å²) in [7, 11) is 2.04. The molecule has 3 aliphatic heterocycles. The van der Waals surface area contributed by atoms with E-state index in [0.29, 0.717) is 29.3 Å². The Kier molecular flexibility index (Phi) is 5.57. The van der Waals surface area contributed by atoms with Crippen LogP contribution in [-0.2, 0) is 6.54 Å². The first-order chi connectivity index (χ1) is 18.9. The van der Waals surface area contributed by atoms with Crippen LogP contribution in [-0.4, -0.2) is 69.1 Å². The van der Waals surface area contributed by atoms with Gasteiger partial charge in [0.2, 0.25) is 0 Å². The number of likely N-dealkylation sites (N-methyl/N-ethyl adjacent to an activating group) is 1. The van der Waals surface area contributed by atoms with Crippen molar-refractivity contribution in [3.8, 4) is 11.3 Å². The van der Waals surface area contributed by atoms with Gasteiger partial charge in [0.1, 0.15) is 17.3 Å². The van der Waals surface area contributed by atoms with Gasteiger partial charge in [0.25, 0.3) is 5.91 Å². The Morgan fingerprint density at radius 2 is 2.03 bits per heavy atom. The lowest BCUT2D eigenvalue weighted by Gasteiger charge is -2.52. The van der Waals surface area contributed by atoms with Crippen molar-refractivity contribution in [3.05, 3.63) is 71.9 Å².